The zero-order chi connectivity index (χ0) is 16.8. The Hall–Kier alpha value is -1.50. The van der Waals surface area contributed by atoms with Crippen LogP contribution in [0.3, 0.4) is 0 Å². The van der Waals surface area contributed by atoms with Gasteiger partial charge in [0.15, 0.2) is 5.13 Å². The number of piperidine rings is 1. The minimum atomic E-state index is -0.213. The number of fused-ring (bicyclic) bond motifs is 2. The van der Waals surface area contributed by atoms with Gasteiger partial charge in [-0.3, -0.25) is 4.90 Å². The van der Waals surface area contributed by atoms with Gasteiger partial charge in [0.05, 0.1) is 4.70 Å². The van der Waals surface area contributed by atoms with Gasteiger partial charge in [-0.05, 0) is 48.4 Å². The molecule has 0 aliphatic carbocycles. The van der Waals surface area contributed by atoms with Crippen LogP contribution in [0.1, 0.15) is 23.3 Å². The van der Waals surface area contributed by atoms with Gasteiger partial charge in [-0.25, -0.2) is 9.37 Å². The van der Waals surface area contributed by atoms with Crippen molar-refractivity contribution < 1.29 is 4.39 Å². The molecular formula is C19H20FN3S2. The number of hydrogen-bond acceptors (Lipinski definition) is 5. The Kier molecular flexibility index (Phi) is 3.99. The molecule has 2 aromatic heterocycles. The Morgan fingerprint density at radius 1 is 1.12 bits per heavy atom. The fourth-order valence-electron chi connectivity index (χ4n) is 4.04. The van der Waals surface area contributed by atoms with Crippen molar-refractivity contribution in [2.24, 2.45) is 0 Å². The molecule has 0 amide bonds. The molecule has 0 bridgehead atoms. The number of para-hydroxylation sites is 1. The molecule has 2 aliphatic rings. The van der Waals surface area contributed by atoms with E-state index in [0.29, 0.717) is 11.6 Å². The van der Waals surface area contributed by atoms with E-state index in [4.69, 9.17) is 0 Å². The molecule has 0 saturated carbocycles. The molecule has 0 N–H and O–H groups in total. The summed E-state index contributed by atoms with van der Waals surface area (Å²) in [5.41, 5.74) is 2.05. The zero-order valence-electron chi connectivity index (χ0n) is 13.9. The summed E-state index contributed by atoms with van der Waals surface area (Å²) in [5.74, 6) is -0.213. The number of thiazole rings is 1. The number of thiophene rings is 1. The highest BCUT2D eigenvalue weighted by atomic mass is 32.1. The highest BCUT2D eigenvalue weighted by Crippen LogP contribution is 2.33. The van der Waals surface area contributed by atoms with Crippen LogP contribution in [-0.4, -0.2) is 35.6 Å². The van der Waals surface area contributed by atoms with Crippen LogP contribution in [0, 0.1) is 5.82 Å². The first-order valence-electron chi connectivity index (χ1n) is 8.87. The van der Waals surface area contributed by atoms with Crippen LogP contribution in [-0.2, 0) is 13.0 Å². The third-order valence-electron chi connectivity index (χ3n) is 5.45. The van der Waals surface area contributed by atoms with E-state index in [1.165, 1.54) is 24.6 Å². The third-order valence-corrected chi connectivity index (χ3v) is 7.55. The van der Waals surface area contributed by atoms with Gasteiger partial charge in [0, 0.05) is 37.1 Å². The van der Waals surface area contributed by atoms with Crippen LogP contribution >= 0.6 is 22.7 Å². The molecule has 0 unspecified atom stereocenters. The van der Waals surface area contributed by atoms with Crippen LogP contribution in [0.25, 0.3) is 10.2 Å². The number of rotatable bonds is 2. The Morgan fingerprint density at radius 3 is 2.84 bits per heavy atom. The van der Waals surface area contributed by atoms with Gasteiger partial charge in [0.25, 0.3) is 0 Å². The number of halogens is 1. The van der Waals surface area contributed by atoms with E-state index in [9.17, 15) is 4.39 Å². The van der Waals surface area contributed by atoms with Crippen molar-refractivity contribution in [2.45, 2.75) is 31.8 Å². The van der Waals surface area contributed by atoms with Gasteiger partial charge in [-0.2, -0.15) is 0 Å². The molecule has 5 rings (SSSR count). The summed E-state index contributed by atoms with van der Waals surface area (Å²) in [6.45, 7) is 4.32. The second kappa shape index (κ2) is 6.34. The number of aromatic nitrogens is 1. The predicted octanol–water partition coefficient (Wildman–Crippen LogP) is 4.52. The van der Waals surface area contributed by atoms with Crippen molar-refractivity contribution >= 4 is 38.0 Å². The Labute approximate surface area is 154 Å². The molecule has 0 radical (unpaired) electrons. The Balaban J connectivity index is 1.27. The molecule has 25 heavy (non-hydrogen) atoms. The smallest absolute Gasteiger partial charge is 0.186 e. The number of anilines is 1. The summed E-state index contributed by atoms with van der Waals surface area (Å²) < 4.78 is 14.8. The van der Waals surface area contributed by atoms with Gasteiger partial charge in [-0.1, -0.05) is 17.4 Å². The minimum absolute atomic E-state index is 0.213. The first kappa shape index (κ1) is 15.7. The summed E-state index contributed by atoms with van der Waals surface area (Å²) >= 11 is 3.51. The molecule has 1 fully saturated rings. The second-order valence-corrected chi connectivity index (χ2v) is 8.90. The maximum absolute atomic E-state index is 13.9. The predicted molar refractivity (Wildman–Crippen MR) is 103 cm³/mol. The van der Waals surface area contributed by atoms with Crippen molar-refractivity contribution in [3.63, 3.8) is 0 Å². The molecule has 1 saturated heterocycles. The van der Waals surface area contributed by atoms with E-state index < -0.39 is 0 Å². The Morgan fingerprint density at radius 2 is 2.00 bits per heavy atom. The van der Waals surface area contributed by atoms with E-state index in [1.54, 1.807) is 22.3 Å². The van der Waals surface area contributed by atoms with Crippen LogP contribution in [0.5, 0.6) is 0 Å². The fraction of sp³-hybridized carbons (Fsp3) is 0.421. The molecule has 6 heteroatoms. The van der Waals surface area contributed by atoms with Crippen molar-refractivity contribution in [3.05, 3.63) is 45.9 Å². The fourth-order valence-corrected chi connectivity index (χ4v) is 5.96. The van der Waals surface area contributed by atoms with E-state index in [-0.39, 0.29) is 5.82 Å². The maximum Gasteiger partial charge on any atom is 0.186 e. The van der Waals surface area contributed by atoms with Crippen molar-refractivity contribution in [3.8, 4) is 0 Å². The van der Waals surface area contributed by atoms with Crippen molar-refractivity contribution in [1.29, 1.82) is 0 Å². The molecule has 4 heterocycles. The minimum Gasteiger partial charge on any atom is -0.348 e. The van der Waals surface area contributed by atoms with Gasteiger partial charge < -0.3 is 4.90 Å². The molecule has 0 spiro atoms. The zero-order valence-corrected chi connectivity index (χ0v) is 15.6. The summed E-state index contributed by atoms with van der Waals surface area (Å²) in [7, 11) is 0. The quantitative estimate of drug-likeness (QED) is 0.658. The molecular weight excluding hydrogens is 353 g/mol. The lowest BCUT2D eigenvalue weighted by Crippen LogP contribution is -2.46. The normalized spacial score (nSPS) is 19.5. The van der Waals surface area contributed by atoms with E-state index in [0.717, 1.165) is 42.3 Å². The van der Waals surface area contributed by atoms with Crippen molar-refractivity contribution in [1.82, 2.24) is 9.88 Å². The van der Waals surface area contributed by atoms with Crippen LogP contribution in [0.4, 0.5) is 9.52 Å². The lowest BCUT2D eigenvalue weighted by Gasteiger charge is -2.40. The molecule has 130 valence electrons. The summed E-state index contributed by atoms with van der Waals surface area (Å²) in [6.07, 6.45) is 3.53. The summed E-state index contributed by atoms with van der Waals surface area (Å²) in [5, 5.41) is 3.19. The maximum atomic E-state index is 13.9. The molecule has 1 aromatic carbocycles. The molecule has 0 atom stereocenters. The SMILES string of the molecule is Fc1cccc2sc(N3CCC(N4CCc5sccc5C4)CC3)nc12. The molecule has 3 nitrogen and oxygen atoms in total. The van der Waals surface area contributed by atoms with Crippen LogP contribution in [0.2, 0.25) is 0 Å². The van der Waals surface area contributed by atoms with Crippen LogP contribution < -0.4 is 4.90 Å². The Bertz CT molecular complexity index is 895. The van der Waals surface area contributed by atoms with Crippen LogP contribution in [0.15, 0.2) is 29.6 Å². The van der Waals surface area contributed by atoms with Gasteiger partial charge >= 0.3 is 0 Å². The van der Waals surface area contributed by atoms with Crippen molar-refractivity contribution in [2.75, 3.05) is 24.5 Å². The lowest BCUT2D eigenvalue weighted by molar-refractivity contribution is 0.154. The van der Waals surface area contributed by atoms with Gasteiger partial charge in [0.2, 0.25) is 0 Å². The summed E-state index contributed by atoms with van der Waals surface area (Å²) in [6, 6.07) is 8.17. The third kappa shape index (κ3) is 2.86. The first-order valence-corrected chi connectivity index (χ1v) is 10.6. The molecule has 2 aliphatic heterocycles. The largest absolute Gasteiger partial charge is 0.348 e. The molecule has 3 aromatic rings. The number of hydrogen-bond donors (Lipinski definition) is 0. The highest BCUT2D eigenvalue weighted by Gasteiger charge is 2.28. The summed E-state index contributed by atoms with van der Waals surface area (Å²) in [4.78, 5) is 11.1. The highest BCUT2D eigenvalue weighted by molar-refractivity contribution is 7.22. The van der Waals surface area contributed by atoms with Gasteiger partial charge in [-0.15, -0.1) is 11.3 Å². The number of nitrogens with zero attached hydrogens (tertiary/aromatic N) is 3. The standard InChI is InChI=1S/C19H20FN3S2/c20-15-2-1-3-17-18(15)21-19(25-17)22-8-4-14(5-9-22)23-10-6-16-13(12-23)7-11-24-16/h1-3,7,11,14H,4-6,8-10,12H2. The van der Waals surface area contributed by atoms with E-state index in [2.05, 4.69) is 26.2 Å². The van der Waals surface area contributed by atoms with E-state index in [1.807, 2.05) is 17.4 Å². The number of benzene rings is 1. The average molecular weight is 374 g/mol. The van der Waals surface area contributed by atoms with Gasteiger partial charge in [0.1, 0.15) is 11.3 Å². The monoisotopic (exact) mass is 373 g/mol. The average Bonchev–Trinajstić information content (AvgIpc) is 3.28. The second-order valence-electron chi connectivity index (χ2n) is 6.89. The first-order chi connectivity index (χ1) is 12.3. The van der Waals surface area contributed by atoms with E-state index >= 15 is 0 Å². The topological polar surface area (TPSA) is 19.4 Å². The lowest BCUT2D eigenvalue weighted by atomic mass is 10.00.